The van der Waals surface area contributed by atoms with Gasteiger partial charge in [0.05, 0.1) is 6.61 Å². The number of hydrogen-bond acceptors (Lipinski definition) is 6. The first kappa shape index (κ1) is 52.6. The molecule has 0 aromatic heterocycles. The van der Waals surface area contributed by atoms with Crippen molar-refractivity contribution >= 4 is 29.3 Å². The van der Waals surface area contributed by atoms with Crippen molar-refractivity contribution in [3.63, 3.8) is 0 Å². The number of hydrogen-bond donors (Lipinski definition) is 2. The Morgan fingerprint density at radius 1 is 0.537 bits per heavy atom. The molecule has 0 amide bonds. The monoisotopic (exact) mass is 786 g/mol. The van der Waals surface area contributed by atoms with Crippen LogP contribution in [0.5, 0.6) is 0 Å². The summed E-state index contributed by atoms with van der Waals surface area (Å²) in [5.41, 5.74) is 0. The van der Waals surface area contributed by atoms with Crippen LogP contribution in [0, 0.1) is 0 Å². The first-order valence-corrected chi connectivity index (χ1v) is 23.9. The minimum absolute atomic E-state index is 0. The molecule has 0 aliphatic rings. The number of nitrogens with zero attached hydrogens (tertiary/aromatic N) is 1. The molecule has 0 unspecified atom stereocenters. The Morgan fingerprint density at radius 3 is 1.44 bits per heavy atom. The third-order valence-electron chi connectivity index (χ3n) is 10.7. The zero-order chi connectivity index (χ0) is 39.6. The van der Waals surface area contributed by atoms with Crippen molar-refractivity contribution in [3.05, 3.63) is 0 Å². The highest BCUT2D eigenvalue weighted by molar-refractivity contribution is 7.80. The van der Waals surface area contributed by atoms with Gasteiger partial charge in [-0.1, -0.05) is 156 Å². The van der Waals surface area contributed by atoms with Gasteiger partial charge in [0, 0.05) is 29.3 Å². The molecule has 0 saturated carbocycles. The third kappa shape index (κ3) is 38.8. The van der Waals surface area contributed by atoms with Crippen LogP contribution in [0.3, 0.4) is 0 Å². The molecule has 0 aromatic rings. The van der Waals surface area contributed by atoms with E-state index in [-0.39, 0.29) is 20.9 Å². The van der Waals surface area contributed by atoms with Crippen molar-refractivity contribution in [2.24, 2.45) is 0 Å². The predicted octanol–water partition coefficient (Wildman–Crippen LogP) is 13.3. The maximum absolute atomic E-state index is 12.8. The molecule has 0 saturated heterocycles. The second-order valence-corrected chi connectivity index (χ2v) is 16.4. The zero-order valence-corrected chi connectivity index (χ0v) is 37.3. The third-order valence-corrected chi connectivity index (χ3v) is 11.0. The Labute approximate surface area is 344 Å². The smallest absolute Gasteiger partial charge is 0.306 e. The first-order valence-electron chi connectivity index (χ1n) is 23.5. The number of ether oxygens (including phenoxy) is 2. The summed E-state index contributed by atoms with van der Waals surface area (Å²) >= 11 is 5.24. The molecule has 0 spiro atoms. The molecule has 0 bridgehead atoms. The summed E-state index contributed by atoms with van der Waals surface area (Å²) in [6, 6.07) is 0. The maximum atomic E-state index is 12.8. The van der Waals surface area contributed by atoms with Crippen molar-refractivity contribution < 1.29 is 21.9 Å². The van der Waals surface area contributed by atoms with Gasteiger partial charge in [-0.15, -0.1) is 0 Å². The fourth-order valence-electron chi connectivity index (χ4n) is 7.15. The predicted molar refractivity (Wildman–Crippen MR) is 241 cm³/mol. The van der Waals surface area contributed by atoms with Crippen LogP contribution in [-0.2, 0) is 19.1 Å². The van der Waals surface area contributed by atoms with Gasteiger partial charge < -0.3 is 25.0 Å². The second kappa shape index (κ2) is 42.7. The van der Waals surface area contributed by atoms with Gasteiger partial charge in [-0.2, -0.15) is 0 Å². The summed E-state index contributed by atoms with van der Waals surface area (Å²) in [6.45, 7) is 11.6. The van der Waals surface area contributed by atoms with E-state index < -0.39 is 0 Å². The van der Waals surface area contributed by atoms with E-state index in [0.717, 1.165) is 77.5 Å². The van der Waals surface area contributed by atoms with Gasteiger partial charge in [-0.25, -0.2) is 0 Å². The normalized spacial score (nSPS) is 11.4. The maximum Gasteiger partial charge on any atom is 0.306 e. The largest absolute Gasteiger partial charge is 0.466 e. The van der Waals surface area contributed by atoms with Crippen molar-refractivity contribution in [1.82, 2.24) is 15.5 Å². The van der Waals surface area contributed by atoms with Gasteiger partial charge in [0.15, 0.2) is 5.11 Å². The standard InChI is InChI=1S/C46H91N3O4S.2H2/c1-5-8-11-14-19-26-34-43(35-27-20-15-12-9-6-2)53-45(51)37-29-22-18-24-31-40-49(41-33-38-48-46(54)47-4)39-30-23-17-21-28-36-44(50)52-42-32-25-16-13-10-7-3;;/h43H,5-42H2,1-4H3,(H2,47,48,54);2*1H. The lowest BCUT2D eigenvalue weighted by atomic mass is 10.0. The van der Waals surface area contributed by atoms with Crippen LogP contribution in [-0.4, -0.2) is 67.9 Å². The summed E-state index contributed by atoms with van der Waals surface area (Å²) in [4.78, 5) is 27.5. The summed E-state index contributed by atoms with van der Waals surface area (Å²) in [6.07, 6.45) is 38.4. The number of unbranched alkanes of at least 4 members (excludes halogenated alkanes) is 23. The topological polar surface area (TPSA) is 79.9 Å². The van der Waals surface area contributed by atoms with E-state index in [9.17, 15) is 9.59 Å². The van der Waals surface area contributed by atoms with Crippen molar-refractivity contribution in [3.8, 4) is 0 Å². The minimum Gasteiger partial charge on any atom is -0.466 e. The zero-order valence-electron chi connectivity index (χ0n) is 36.4. The minimum atomic E-state index is -0.0210. The van der Waals surface area contributed by atoms with Crippen molar-refractivity contribution in [1.29, 1.82) is 0 Å². The van der Waals surface area contributed by atoms with Gasteiger partial charge >= 0.3 is 11.9 Å². The second-order valence-electron chi connectivity index (χ2n) is 15.9. The van der Waals surface area contributed by atoms with Crippen molar-refractivity contribution in [2.75, 3.05) is 39.8 Å². The lowest BCUT2D eigenvalue weighted by Crippen LogP contribution is -2.35. The van der Waals surface area contributed by atoms with E-state index in [1.807, 2.05) is 7.05 Å². The number of rotatable bonds is 42. The number of nitrogens with one attached hydrogen (secondary N) is 2. The molecule has 0 aliphatic heterocycles. The van der Waals surface area contributed by atoms with Crippen LogP contribution in [0.25, 0.3) is 0 Å². The highest BCUT2D eigenvalue weighted by Crippen LogP contribution is 2.18. The molecular weight excluding hydrogens is 691 g/mol. The summed E-state index contributed by atoms with van der Waals surface area (Å²) in [7, 11) is 1.86. The quantitative estimate of drug-likeness (QED) is 0.0360. The Kier molecular flexibility index (Phi) is 41.6. The molecule has 324 valence electrons. The summed E-state index contributed by atoms with van der Waals surface area (Å²) in [5, 5.41) is 6.99. The van der Waals surface area contributed by atoms with E-state index in [2.05, 4.69) is 36.3 Å². The Hall–Kier alpha value is -1.41. The van der Waals surface area contributed by atoms with Crippen molar-refractivity contribution in [2.45, 2.75) is 239 Å². The lowest BCUT2D eigenvalue weighted by Gasteiger charge is -2.22. The van der Waals surface area contributed by atoms with Gasteiger partial charge in [0.1, 0.15) is 6.10 Å². The number of esters is 2. The highest BCUT2D eigenvalue weighted by Gasteiger charge is 2.14. The van der Waals surface area contributed by atoms with Crippen LogP contribution < -0.4 is 10.6 Å². The van der Waals surface area contributed by atoms with Crippen LogP contribution in [0.15, 0.2) is 0 Å². The SMILES string of the molecule is CCCCCCCCOC(=O)CCCCCCCN(CCCCCCCC(=O)OC(CCCCCCCC)CCCCCCCC)CCCNC(=S)NC.[HH].[HH]. The fourth-order valence-corrected chi connectivity index (χ4v) is 7.25. The van der Waals surface area contributed by atoms with E-state index in [4.69, 9.17) is 21.7 Å². The molecule has 8 heteroatoms. The van der Waals surface area contributed by atoms with Crippen LogP contribution in [0.1, 0.15) is 236 Å². The molecule has 0 aromatic carbocycles. The summed E-state index contributed by atoms with van der Waals surface area (Å²) in [5.74, 6) is 0.00482. The fraction of sp³-hybridized carbons (Fsp3) is 0.935. The van der Waals surface area contributed by atoms with Crippen LogP contribution in [0.2, 0.25) is 0 Å². The Balaban J connectivity index is -0.0000140. The summed E-state index contributed by atoms with van der Waals surface area (Å²) < 4.78 is 11.5. The average molecular weight is 786 g/mol. The highest BCUT2D eigenvalue weighted by atomic mass is 32.1. The molecule has 0 radical (unpaired) electrons. The first-order chi connectivity index (χ1) is 26.5. The van der Waals surface area contributed by atoms with Gasteiger partial charge in [-0.3, -0.25) is 9.59 Å². The average Bonchev–Trinajstić information content (AvgIpc) is 3.17. The number of carbonyl (C=O) groups is 2. The molecular formula is C46H95N3O4S. The molecule has 7 nitrogen and oxygen atoms in total. The number of thiocarbonyl (C=S) groups is 1. The Morgan fingerprint density at radius 2 is 0.944 bits per heavy atom. The van der Waals surface area contributed by atoms with Crippen LogP contribution in [0.4, 0.5) is 0 Å². The van der Waals surface area contributed by atoms with E-state index in [0.29, 0.717) is 24.6 Å². The molecule has 54 heavy (non-hydrogen) atoms. The molecule has 0 rings (SSSR count). The molecule has 0 aliphatic carbocycles. The van der Waals surface area contributed by atoms with Gasteiger partial charge in [0.25, 0.3) is 0 Å². The molecule has 2 N–H and O–H groups in total. The van der Waals surface area contributed by atoms with E-state index in [1.54, 1.807) is 0 Å². The van der Waals surface area contributed by atoms with E-state index >= 15 is 0 Å². The molecule has 0 heterocycles. The van der Waals surface area contributed by atoms with Gasteiger partial charge in [0.2, 0.25) is 0 Å². The lowest BCUT2D eigenvalue weighted by molar-refractivity contribution is -0.150. The molecule has 0 fully saturated rings. The molecule has 0 atom stereocenters. The van der Waals surface area contributed by atoms with Crippen LogP contribution >= 0.6 is 12.2 Å². The van der Waals surface area contributed by atoms with E-state index in [1.165, 1.54) is 148 Å². The number of carbonyl (C=O) groups excluding carboxylic acids is 2. The van der Waals surface area contributed by atoms with Gasteiger partial charge in [-0.05, 0) is 96.1 Å². The Bertz CT molecular complexity index is 826.